The summed E-state index contributed by atoms with van der Waals surface area (Å²) in [5, 5.41) is 3.88. The highest BCUT2D eigenvalue weighted by Gasteiger charge is 2.21. The lowest BCUT2D eigenvalue weighted by atomic mass is 10.2. The summed E-state index contributed by atoms with van der Waals surface area (Å²) < 4.78 is 16.4. The number of nitrogens with zero attached hydrogens (tertiary/aromatic N) is 1. The van der Waals surface area contributed by atoms with Gasteiger partial charge < -0.3 is 24.1 Å². The van der Waals surface area contributed by atoms with Crippen molar-refractivity contribution in [3.8, 4) is 5.75 Å². The van der Waals surface area contributed by atoms with Gasteiger partial charge in [0.2, 0.25) is 0 Å². The quantitative estimate of drug-likeness (QED) is 0.725. The van der Waals surface area contributed by atoms with E-state index in [-0.39, 0.29) is 6.04 Å². The molecule has 2 aromatic rings. The smallest absolute Gasteiger partial charge is 0.174 e. The van der Waals surface area contributed by atoms with E-state index in [1.807, 2.05) is 48.2 Å². The fraction of sp³-hybridized carbons (Fsp3) is 0.389. The topological polar surface area (TPSA) is 46.9 Å². The van der Waals surface area contributed by atoms with E-state index in [1.54, 1.807) is 13.4 Å². The Bertz CT molecular complexity index is 631. The number of methoxy groups -OCH3 is 1. The van der Waals surface area contributed by atoms with E-state index in [0.717, 1.165) is 17.2 Å². The summed E-state index contributed by atoms with van der Waals surface area (Å²) in [5.41, 5.74) is 0.846. The molecule has 2 rings (SSSR count). The number of hydrogen-bond acceptors (Lipinski definition) is 4. The van der Waals surface area contributed by atoms with Gasteiger partial charge in [-0.3, -0.25) is 0 Å². The minimum absolute atomic E-state index is 0.00518. The molecule has 1 aromatic heterocycles. The molecule has 24 heavy (non-hydrogen) atoms. The van der Waals surface area contributed by atoms with Gasteiger partial charge in [-0.25, -0.2) is 0 Å². The molecule has 0 radical (unpaired) electrons. The van der Waals surface area contributed by atoms with Crippen LogP contribution in [0, 0.1) is 0 Å². The van der Waals surface area contributed by atoms with Gasteiger partial charge in [0.15, 0.2) is 5.11 Å². The van der Waals surface area contributed by atoms with Crippen LogP contribution in [0.15, 0.2) is 47.1 Å². The van der Waals surface area contributed by atoms with Crippen molar-refractivity contribution in [3.63, 3.8) is 0 Å². The average Bonchev–Trinajstić information content (AvgIpc) is 3.11. The normalized spacial score (nSPS) is 11.8. The Morgan fingerprint density at radius 3 is 2.75 bits per heavy atom. The summed E-state index contributed by atoms with van der Waals surface area (Å²) in [7, 11) is 1.68. The molecule has 1 atom stereocenters. The van der Waals surface area contributed by atoms with Gasteiger partial charge >= 0.3 is 0 Å². The second kappa shape index (κ2) is 9.30. The first-order valence-corrected chi connectivity index (χ1v) is 8.40. The van der Waals surface area contributed by atoms with E-state index in [1.165, 1.54) is 0 Å². The SMILES string of the molecule is CCOc1ccccc1NC(=S)N(CCOC)[C@H](C)c1ccco1. The zero-order chi connectivity index (χ0) is 17.4. The van der Waals surface area contributed by atoms with Gasteiger partial charge in [-0.2, -0.15) is 0 Å². The summed E-state index contributed by atoms with van der Waals surface area (Å²) in [4.78, 5) is 2.04. The van der Waals surface area contributed by atoms with Gasteiger partial charge in [0, 0.05) is 13.7 Å². The first-order valence-electron chi connectivity index (χ1n) is 7.99. The van der Waals surface area contributed by atoms with Crippen molar-refractivity contribution in [3.05, 3.63) is 48.4 Å². The van der Waals surface area contributed by atoms with Gasteiger partial charge in [-0.1, -0.05) is 12.1 Å². The van der Waals surface area contributed by atoms with E-state index in [2.05, 4.69) is 12.2 Å². The number of furan rings is 1. The number of thiocarbonyl (C=S) groups is 1. The average molecular weight is 348 g/mol. The maximum absolute atomic E-state index is 5.65. The van der Waals surface area contributed by atoms with Crippen LogP contribution in [0.4, 0.5) is 5.69 Å². The number of anilines is 1. The summed E-state index contributed by atoms with van der Waals surface area (Å²) in [6, 6.07) is 11.6. The van der Waals surface area contributed by atoms with Crippen molar-refractivity contribution < 1.29 is 13.9 Å². The Morgan fingerprint density at radius 2 is 2.08 bits per heavy atom. The number of para-hydroxylation sites is 2. The molecule has 0 aliphatic carbocycles. The number of rotatable bonds is 8. The third kappa shape index (κ3) is 4.72. The highest BCUT2D eigenvalue weighted by molar-refractivity contribution is 7.80. The van der Waals surface area contributed by atoms with Crippen molar-refractivity contribution in [2.24, 2.45) is 0 Å². The van der Waals surface area contributed by atoms with Gasteiger partial charge in [0.25, 0.3) is 0 Å². The predicted molar refractivity (Wildman–Crippen MR) is 99.5 cm³/mol. The Balaban J connectivity index is 2.15. The fourth-order valence-corrected chi connectivity index (χ4v) is 2.74. The molecule has 0 bridgehead atoms. The van der Waals surface area contributed by atoms with Crippen molar-refractivity contribution >= 4 is 23.0 Å². The molecule has 130 valence electrons. The predicted octanol–water partition coefficient (Wildman–Crippen LogP) is 4.08. The molecule has 0 amide bonds. The molecule has 1 aromatic carbocycles. The lowest BCUT2D eigenvalue weighted by Gasteiger charge is -2.30. The minimum Gasteiger partial charge on any atom is -0.492 e. The van der Waals surface area contributed by atoms with E-state index >= 15 is 0 Å². The lowest BCUT2D eigenvalue weighted by Crippen LogP contribution is -2.39. The van der Waals surface area contributed by atoms with Crippen LogP contribution in [0.25, 0.3) is 0 Å². The molecule has 6 heteroatoms. The Morgan fingerprint density at radius 1 is 1.29 bits per heavy atom. The Labute approximate surface area is 148 Å². The third-order valence-electron chi connectivity index (χ3n) is 3.65. The van der Waals surface area contributed by atoms with Crippen LogP contribution >= 0.6 is 12.2 Å². The largest absolute Gasteiger partial charge is 0.492 e. The van der Waals surface area contributed by atoms with Crippen LogP contribution in [-0.4, -0.2) is 36.9 Å². The van der Waals surface area contributed by atoms with E-state index in [4.69, 9.17) is 26.1 Å². The van der Waals surface area contributed by atoms with Crippen LogP contribution in [0.1, 0.15) is 25.6 Å². The first kappa shape index (κ1) is 18.3. The number of nitrogens with one attached hydrogen (secondary N) is 1. The molecule has 0 unspecified atom stereocenters. The molecule has 5 nitrogen and oxygen atoms in total. The van der Waals surface area contributed by atoms with Gasteiger partial charge in [-0.05, 0) is 50.3 Å². The van der Waals surface area contributed by atoms with Gasteiger partial charge in [0.05, 0.1) is 31.2 Å². The van der Waals surface area contributed by atoms with E-state index in [0.29, 0.717) is 24.9 Å². The minimum atomic E-state index is -0.00518. The molecular weight excluding hydrogens is 324 g/mol. The number of ether oxygens (including phenoxy) is 2. The van der Waals surface area contributed by atoms with Crippen LogP contribution in [0.2, 0.25) is 0 Å². The molecule has 0 spiro atoms. The summed E-state index contributed by atoms with van der Waals surface area (Å²) in [5.74, 6) is 1.63. The van der Waals surface area contributed by atoms with Crippen LogP contribution in [-0.2, 0) is 4.74 Å². The third-order valence-corrected chi connectivity index (χ3v) is 3.98. The Kier molecular flexibility index (Phi) is 7.08. The lowest BCUT2D eigenvalue weighted by molar-refractivity contribution is 0.160. The van der Waals surface area contributed by atoms with Crippen LogP contribution < -0.4 is 10.1 Å². The molecule has 1 heterocycles. The van der Waals surface area contributed by atoms with Crippen molar-refractivity contribution in [2.45, 2.75) is 19.9 Å². The zero-order valence-corrected chi connectivity index (χ0v) is 15.1. The van der Waals surface area contributed by atoms with Crippen LogP contribution in [0.3, 0.4) is 0 Å². The summed E-state index contributed by atoms with van der Waals surface area (Å²) in [6.45, 7) is 5.83. The molecule has 0 saturated heterocycles. The molecule has 0 fully saturated rings. The Hall–Kier alpha value is -2.05. The standard InChI is InChI=1S/C18H24N2O3S/c1-4-22-17-9-6-5-8-15(17)19-18(24)20(11-13-21-3)14(2)16-10-7-12-23-16/h5-10,12,14H,4,11,13H2,1-3H3,(H,19,24)/t14-/m1/s1. The summed E-state index contributed by atoms with van der Waals surface area (Å²) in [6.07, 6.45) is 1.67. The van der Waals surface area contributed by atoms with Crippen molar-refractivity contribution in [1.29, 1.82) is 0 Å². The zero-order valence-electron chi connectivity index (χ0n) is 14.3. The molecule has 1 N–H and O–H groups in total. The van der Waals surface area contributed by atoms with E-state index < -0.39 is 0 Å². The maximum Gasteiger partial charge on any atom is 0.174 e. The summed E-state index contributed by atoms with van der Waals surface area (Å²) >= 11 is 5.63. The van der Waals surface area contributed by atoms with Crippen molar-refractivity contribution in [1.82, 2.24) is 4.90 Å². The molecule has 0 aliphatic rings. The number of hydrogen-bond donors (Lipinski definition) is 1. The number of benzene rings is 1. The monoisotopic (exact) mass is 348 g/mol. The van der Waals surface area contributed by atoms with Crippen molar-refractivity contribution in [2.75, 3.05) is 32.2 Å². The second-order valence-corrected chi connectivity index (χ2v) is 5.62. The fourth-order valence-electron chi connectivity index (χ4n) is 2.38. The molecule has 0 aliphatic heterocycles. The molecule has 0 saturated carbocycles. The second-order valence-electron chi connectivity index (χ2n) is 5.24. The van der Waals surface area contributed by atoms with Crippen LogP contribution in [0.5, 0.6) is 5.75 Å². The highest BCUT2D eigenvalue weighted by atomic mass is 32.1. The van der Waals surface area contributed by atoms with E-state index in [9.17, 15) is 0 Å². The molecular formula is C18H24N2O3S. The maximum atomic E-state index is 5.65. The first-order chi connectivity index (χ1) is 11.7. The van der Waals surface area contributed by atoms with Gasteiger partial charge in [-0.15, -0.1) is 0 Å². The van der Waals surface area contributed by atoms with Gasteiger partial charge in [0.1, 0.15) is 11.5 Å². The highest BCUT2D eigenvalue weighted by Crippen LogP contribution is 2.26.